The van der Waals surface area contributed by atoms with Crippen molar-refractivity contribution in [1.29, 1.82) is 0 Å². The van der Waals surface area contributed by atoms with Crippen LogP contribution in [0.2, 0.25) is 0 Å². The monoisotopic (exact) mass is 152 g/mol. The average molecular weight is 152 g/mol. The van der Waals surface area contributed by atoms with Gasteiger partial charge in [0.15, 0.2) is 0 Å². The van der Waals surface area contributed by atoms with Gasteiger partial charge in [-0.25, -0.2) is 0 Å². The molecule has 2 atom stereocenters. The first-order valence-corrected chi connectivity index (χ1v) is 4.31. The van der Waals surface area contributed by atoms with Crippen molar-refractivity contribution in [3.63, 3.8) is 0 Å². The molecule has 62 valence electrons. The first kappa shape index (κ1) is 8.54. The lowest BCUT2D eigenvalue weighted by Crippen LogP contribution is -2.20. The van der Waals surface area contributed by atoms with E-state index in [1.807, 2.05) is 25.2 Å². The van der Waals surface area contributed by atoms with E-state index in [4.69, 9.17) is 0 Å². The summed E-state index contributed by atoms with van der Waals surface area (Å²) in [6, 6.07) is 0. The molecule has 0 bridgehead atoms. The fourth-order valence-corrected chi connectivity index (χ4v) is 1.42. The molecule has 0 saturated carbocycles. The molecule has 11 heavy (non-hydrogen) atoms. The molecule has 0 aromatic heterocycles. The zero-order valence-corrected chi connectivity index (χ0v) is 7.25. The fraction of sp³-hybridized carbons (Fsp3) is 0.600. The van der Waals surface area contributed by atoms with E-state index in [9.17, 15) is 5.11 Å². The second-order valence-corrected chi connectivity index (χ2v) is 3.18. The summed E-state index contributed by atoms with van der Waals surface area (Å²) >= 11 is 0. The van der Waals surface area contributed by atoms with Crippen LogP contribution in [0, 0.1) is 5.92 Å². The lowest BCUT2D eigenvalue weighted by Gasteiger charge is -2.21. The summed E-state index contributed by atoms with van der Waals surface area (Å²) in [5.41, 5.74) is 1.18. The zero-order chi connectivity index (χ0) is 8.27. The Morgan fingerprint density at radius 3 is 2.91 bits per heavy atom. The first-order chi connectivity index (χ1) is 5.25. The number of aliphatic hydroxyl groups is 1. The molecule has 2 unspecified atom stereocenters. The Morgan fingerprint density at radius 1 is 1.55 bits per heavy atom. The van der Waals surface area contributed by atoms with Gasteiger partial charge in [0.1, 0.15) is 0 Å². The molecule has 0 saturated heterocycles. The van der Waals surface area contributed by atoms with Crippen LogP contribution in [0.15, 0.2) is 23.8 Å². The van der Waals surface area contributed by atoms with Crippen molar-refractivity contribution in [2.24, 2.45) is 5.92 Å². The topological polar surface area (TPSA) is 20.2 Å². The molecule has 1 N–H and O–H groups in total. The van der Waals surface area contributed by atoms with Gasteiger partial charge in [0.05, 0.1) is 6.10 Å². The Bertz CT molecular complexity index is 179. The van der Waals surface area contributed by atoms with Crippen molar-refractivity contribution < 1.29 is 5.11 Å². The predicted octanol–water partition coefficient (Wildman–Crippen LogP) is 2.28. The van der Waals surface area contributed by atoms with Crippen molar-refractivity contribution >= 4 is 0 Å². The van der Waals surface area contributed by atoms with Gasteiger partial charge in [-0.15, -0.1) is 0 Å². The van der Waals surface area contributed by atoms with E-state index in [-0.39, 0.29) is 6.10 Å². The van der Waals surface area contributed by atoms with Gasteiger partial charge in [0.25, 0.3) is 0 Å². The molecule has 1 aliphatic carbocycles. The Morgan fingerprint density at radius 2 is 2.27 bits per heavy atom. The van der Waals surface area contributed by atoms with Gasteiger partial charge in [-0.2, -0.15) is 0 Å². The minimum absolute atomic E-state index is 0.236. The summed E-state index contributed by atoms with van der Waals surface area (Å²) < 4.78 is 0. The quantitative estimate of drug-likeness (QED) is 0.643. The van der Waals surface area contributed by atoms with Crippen LogP contribution in [0.5, 0.6) is 0 Å². The van der Waals surface area contributed by atoms with Crippen molar-refractivity contribution in [2.75, 3.05) is 0 Å². The van der Waals surface area contributed by atoms with Crippen molar-refractivity contribution in [1.82, 2.24) is 0 Å². The van der Waals surface area contributed by atoms with Crippen LogP contribution in [0.25, 0.3) is 0 Å². The summed E-state index contributed by atoms with van der Waals surface area (Å²) in [5, 5.41) is 9.65. The Kier molecular flexibility index (Phi) is 2.89. The van der Waals surface area contributed by atoms with E-state index < -0.39 is 0 Å². The minimum atomic E-state index is -0.236. The van der Waals surface area contributed by atoms with Crippen LogP contribution in [0.4, 0.5) is 0 Å². The number of aliphatic hydroxyl groups excluding tert-OH is 1. The third kappa shape index (κ3) is 1.93. The number of hydrogen-bond donors (Lipinski definition) is 1. The van der Waals surface area contributed by atoms with E-state index in [0.717, 1.165) is 12.8 Å². The van der Waals surface area contributed by atoms with Gasteiger partial charge in [-0.3, -0.25) is 0 Å². The summed E-state index contributed by atoms with van der Waals surface area (Å²) in [4.78, 5) is 0. The molecule has 0 aromatic carbocycles. The van der Waals surface area contributed by atoms with Crippen LogP contribution in [0.3, 0.4) is 0 Å². The highest BCUT2D eigenvalue weighted by atomic mass is 16.3. The highest BCUT2D eigenvalue weighted by Crippen LogP contribution is 2.22. The minimum Gasteiger partial charge on any atom is -0.388 e. The highest BCUT2D eigenvalue weighted by Gasteiger charge is 2.17. The lowest BCUT2D eigenvalue weighted by atomic mass is 9.90. The number of allylic oxidation sites excluding steroid dienone is 2. The van der Waals surface area contributed by atoms with Gasteiger partial charge >= 0.3 is 0 Å². The maximum absolute atomic E-state index is 9.65. The molecule has 0 aliphatic heterocycles. The van der Waals surface area contributed by atoms with E-state index >= 15 is 0 Å². The van der Waals surface area contributed by atoms with E-state index in [1.165, 1.54) is 5.57 Å². The van der Waals surface area contributed by atoms with Crippen molar-refractivity contribution in [3.05, 3.63) is 23.8 Å². The van der Waals surface area contributed by atoms with Crippen molar-refractivity contribution in [3.8, 4) is 0 Å². The Balaban J connectivity index is 2.62. The third-order valence-corrected chi connectivity index (χ3v) is 2.14. The fourth-order valence-electron chi connectivity index (χ4n) is 1.42. The van der Waals surface area contributed by atoms with Crippen LogP contribution in [-0.4, -0.2) is 11.2 Å². The maximum atomic E-state index is 9.65. The third-order valence-electron chi connectivity index (χ3n) is 2.14. The number of hydrogen-bond acceptors (Lipinski definition) is 1. The van der Waals surface area contributed by atoms with E-state index in [0.29, 0.717) is 5.92 Å². The van der Waals surface area contributed by atoms with Gasteiger partial charge < -0.3 is 5.11 Å². The van der Waals surface area contributed by atoms with Gasteiger partial charge in [-0.05, 0) is 12.0 Å². The molecule has 0 aromatic rings. The van der Waals surface area contributed by atoms with Crippen LogP contribution < -0.4 is 0 Å². The molecule has 1 rings (SSSR count). The van der Waals surface area contributed by atoms with Crippen LogP contribution in [0.1, 0.15) is 26.7 Å². The largest absolute Gasteiger partial charge is 0.388 e. The summed E-state index contributed by atoms with van der Waals surface area (Å²) in [7, 11) is 0. The van der Waals surface area contributed by atoms with Crippen LogP contribution >= 0.6 is 0 Å². The molecule has 1 heteroatoms. The number of rotatable bonds is 2. The van der Waals surface area contributed by atoms with Crippen LogP contribution in [-0.2, 0) is 0 Å². The van der Waals surface area contributed by atoms with Gasteiger partial charge in [-0.1, -0.05) is 38.5 Å². The molecule has 0 amide bonds. The van der Waals surface area contributed by atoms with E-state index in [2.05, 4.69) is 6.92 Å². The summed E-state index contributed by atoms with van der Waals surface area (Å²) in [5.74, 6) is 0.293. The molecule has 0 radical (unpaired) electrons. The van der Waals surface area contributed by atoms with Gasteiger partial charge in [0, 0.05) is 5.92 Å². The average Bonchev–Trinajstić information content (AvgIpc) is 1.99. The Hall–Kier alpha value is -0.560. The lowest BCUT2D eigenvalue weighted by molar-refractivity contribution is 0.167. The predicted molar refractivity (Wildman–Crippen MR) is 47.3 cm³/mol. The standard InChI is InChI=1S/C10H16O/c1-3-5-9-7-4-6-8(2)10(9)11/h4,6-8,10-11H,3,5H2,1-2H3. The first-order valence-electron chi connectivity index (χ1n) is 4.31. The molecule has 0 spiro atoms. The molecule has 0 heterocycles. The SMILES string of the molecule is CCCC1=CC=CC(C)C1O. The highest BCUT2D eigenvalue weighted by molar-refractivity contribution is 5.23. The molecular weight excluding hydrogens is 136 g/mol. The van der Waals surface area contributed by atoms with Gasteiger partial charge in [0.2, 0.25) is 0 Å². The summed E-state index contributed by atoms with van der Waals surface area (Å²) in [6.45, 7) is 4.18. The second kappa shape index (κ2) is 3.72. The second-order valence-electron chi connectivity index (χ2n) is 3.18. The smallest absolute Gasteiger partial charge is 0.0813 e. The van der Waals surface area contributed by atoms with Crippen molar-refractivity contribution in [2.45, 2.75) is 32.8 Å². The van der Waals surface area contributed by atoms with E-state index in [1.54, 1.807) is 0 Å². The molecule has 1 nitrogen and oxygen atoms in total. The zero-order valence-electron chi connectivity index (χ0n) is 7.25. The summed E-state index contributed by atoms with van der Waals surface area (Å²) in [6.07, 6.45) is 8.03. The maximum Gasteiger partial charge on any atom is 0.0813 e. The Labute approximate surface area is 68.4 Å². The molecular formula is C10H16O. The molecule has 1 aliphatic rings. The molecule has 0 fully saturated rings. The normalized spacial score (nSPS) is 30.3.